The van der Waals surface area contributed by atoms with Gasteiger partial charge in [0.2, 0.25) is 5.91 Å². The van der Waals surface area contributed by atoms with Crippen LogP contribution in [0.15, 0.2) is 0 Å². The van der Waals surface area contributed by atoms with Crippen molar-refractivity contribution in [2.75, 3.05) is 6.54 Å². The number of rotatable bonds is 8. The van der Waals surface area contributed by atoms with Crippen molar-refractivity contribution >= 4 is 5.91 Å². The Kier molecular flexibility index (Phi) is 8.38. The molecule has 1 unspecified atom stereocenters. The Morgan fingerprint density at radius 2 is 1.80 bits per heavy atom. The first-order chi connectivity index (χ1) is 7.15. The Bertz CT molecular complexity index is 167. The molecule has 0 aromatic carbocycles. The Morgan fingerprint density at radius 3 is 2.27 bits per heavy atom. The third kappa shape index (κ3) is 6.50. The fourth-order valence-corrected chi connectivity index (χ4v) is 1.50. The molecule has 0 radical (unpaired) electrons. The highest BCUT2D eigenvalue weighted by Gasteiger charge is 2.14. The van der Waals surface area contributed by atoms with Crippen LogP contribution in [-0.2, 0) is 4.79 Å². The van der Waals surface area contributed by atoms with Gasteiger partial charge in [0.05, 0.1) is 6.04 Å². The molecule has 2 N–H and O–H groups in total. The van der Waals surface area contributed by atoms with Gasteiger partial charge in [0.15, 0.2) is 0 Å². The van der Waals surface area contributed by atoms with E-state index in [0.29, 0.717) is 6.04 Å². The lowest BCUT2D eigenvalue weighted by molar-refractivity contribution is -0.122. The van der Waals surface area contributed by atoms with Gasteiger partial charge in [-0.1, -0.05) is 27.2 Å². The molecule has 0 aliphatic rings. The van der Waals surface area contributed by atoms with Gasteiger partial charge >= 0.3 is 0 Å². The van der Waals surface area contributed by atoms with Gasteiger partial charge in [0.25, 0.3) is 0 Å². The van der Waals surface area contributed by atoms with Crippen LogP contribution in [-0.4, -0.2) is 24.5 Å². The van der Waals surface area contributed by atoms with Gasteiger partial charge in [-0.2, -0.15) is 0 Å². The van der Waals surface area contributed by atoms with Crippen molar-refractivity contribution in [1.29, 1.82) is 0 Å². The molecule has 0 saturated heterocycles. The molecule has 90 valence electrons. The first-order valence-electron chi connectivity index (χ1n) is 6.19. The fourth-order valence-electron chi connectivity index (χ4n) is 1.50. The quantitative estimate of drug-likeness (QED) is 0.607. The van der Waals surface area contributed by atoms with E-state index in [-0.39, 0.29) is 11.9 Å². The molecule has 0 aliphatic heterocycles. The monoisotopic (exact) mass is 214 g/mol. The maximum Gasteiger partial charge on any atom is 0.236 e. The van der Waals surface area contributed by atoms with Crippen LogP contribution in [0.3, 0.4) is 0 Å². The zero-order valence-electron chi connectivity index (χ0n) is 10.6. The summed E-state index contributed by atoms with van der Waals surface area (Å²) < 4.78 is 0. The van der Waals surface area contributed by atoms with Crippen molar-refractivity contribution in [3.8, 4) is 0 Å². The van der Waals surface area contributed by atoms with Crippen molar-refractivity contribution < 1.29 is 4.79 Å². The average molecular weight is 214 g/mol. The Balaban J connectivity index is 3.77. The number of carbonyl (C=O) groups is 1. The molecule has 1 amide bonds. The van der Waals surface area contributed by atoms with Gasteiger partial charge in [-0.25, -0.2) is 0 Å². The molecular weight excluding hydrogens is 188 g/mol. The number of unbranched alkanes of at least 4 members (excludes halogenated alkanes) is 1. The molecule has 0 bridgehead atoms. The van der Waals surface area contributed by atoms with Crippen LogP contribution in [0.25, 0.3) is 0 Å². The van der Waals surface area contributed by atoms with Crippen LogP contribution in [0.1, 0.15) is 53.4 Å². The first kappa shape index (κ1) is 14.4. The highest BCUT2D eigenvalue weighted by atomic mass is 16.2. The van der Waals surface area contributed by atoms with E-state index in [4.69, 9.17) is 0 Å². The summed E-state index contributed by atoms with van der Waals surface area (Å²) in [6.45, 7) is 9.13. The van der Waals surface area contributed by atoms with Gasteiger partial charge < -0.3 is 10.6 Å². The minimum atomic E-state index is -0.0771. The third-order valence-corrected chi connectivity index (χ3v) is 2.69. The molecule has 1 atom stereocenters. The summed E-state index contributed by atoms with van der Waals surface area (Å²) in [4.78, 5) is 11.6. The molecule has 15 heavy (non-hydrogen) atoms. The van der Waals surface area contributed by atoms with E-state index in [2.05, 4.69) is 31.4 Å². The van der Waals surface area contributed by atoms with Crippen molar-refractivity contribution in [3.05, 3.63) is 0 Å². The molecular formula is C12H26N2O. The number of carbonyl (C=O) groups excluding carboxylic acids is 1. The second-order valence-electron chi connectivity index (χ2n) is 4.05. The summed E-state index contributed by atoms with van der Waals surface area (Å²) in [5.74, 6) is 0.121. The lowest BCUT2D eigenvalue weighted by atomic mass is 10.1. The second-order valence-corrected chi connectivity index (χ2v) is 4.05. The highest BCUT2D eigenvalue weighted by Crippen LogP contribution is 1.98. The zero-order valence-corrected chi connectivity index (χ0v) is 10.6. The Morgan fingerprint density at radius 1 is 1.20 bits per heavy atom. The molecule has 0 aromatic heterocycles. The molecule has 3 heteroatoms. The van der Waals surface area contributed by atoms with E-state index in [1.165, 1.54) is 0 Å². The number of amides is 1. The predicted molar refractivity (Wildman–Crippen MR) is 64.9 cm³/mol. The van der Waals surface area contributed by atoms with E-state index in [9.17, 15) is 4.79 Å². The molecule has 0 spiro atoms. The van der Waals surface area contributed by atoms with Crippen LogP contribution in [0.5, 0.6) is 0 Å². The molecule has 0 rings (SSSR count). The summed E-state index contributed by atoms with van der Waals surface area (Å²) in [6, 6.07) is 0.378. The topological polar surface area (TPSA) is 41.1 Å². The van der Waals surface area contributed by atoms with E-state index >= 15 is 0 Å². The van der Waals surface area contributed by atoms with Crippen molar-refractivity contribution in [2.45, 2.75) is 65.5 Å². The van der Waals surface area contributed by atoms with E-state index < -0.39 is 0 Å². The minimum absolute atomic E-state index is 0.0771. The van der Waals surface area contributed by atoms with Crippen LogP contribution in [0, 0.1) is 0 Å². The van der Waals surface area contributed by atoms with Crippen LogP contribution >= 0.6 is 0 Å². The minimum Gasteiger partial charge on any atom is -0.355 e. The molecule has 0 saturated carbocycles. The zero-order chi connectivity index (χ0) is 11.7. The lowest BCUT2D eigenvalue weighted by Gasteiger charge is -2.20. The largest absolute Gasteiger partial charge is 0.355 e. The SMILES string of the molecule is CCCCNC(=O)C(C)NC(CC)CC. The molecule has 3 nitrogen and oxygen atoms in total. The van der Waals surface area contributed by atoms with E-state index in [0.717, 1.165) is 32.2 Å². The number of nitrogens with one attached hydrogen (secondary N) is 2. The predicted octanol–water partition coefficient (Wildman–Crippen LogP) is 2.07. The first-order valence-corrected chi connectivity index (χ1v) is 6.19. The van der Waals surface area contributed by atoms with Gasteiger partial charge in [-0.15, -0.1) is 0 Å². The summed E-state index contributed by atoms with van der Waals surface area (Å²) >= 11 is 0. The molecule has 0 aliphatic carbocycles. The van der Waals surface area contributed by atoms with Crippen molar-refractivity contribution in [1.82, 2.24) is 10.6 Å². The summed E-state index contributed by atoms with van der Waals surface area (Å²) in [5.41, 5.74) is 0. The van der Waals surface area contributed by atoms with E-state index in [1.807, 2.05) is 6.92 Å². The second kappa shape index (κ2) is 8.72. The Hall–Kier alpha value is -0.570. The lowest BCUT2D eigenvalue weighted by Crippen LogP contribution is -2.46. The fraction of sp³-hybridized carbons (Fsp3) is 0.917. The number of hydrogen-bond acceptors (Lipinski definition) is 2. The Labute approximate surface area is 94.0 Å². The van der Waals surface area contributed by atoms with Gasteiger partial charge in [-0.05, 0) is 26.2 Å². The van der Waals surface area contributed by atoms with E-state index in [1.54, 1.807) is 0 Å². The summed E-state index contributed by atoms with van der Waals surface area (Å²) in [7, 11) is 0. The van der Waals surface area contributed by atoms with Crippen LogP contribution in [0.2, 0.25) is 0 Å². The average Bonchev–Trinajstić information content (AvgIpc) is 2.25. The van der Waals surface area contributed by atoms with Crippen LogP contribution < -0.4 is 10.6 Å². The van der Waals surface area contributed by atoms with Crippen LogP contribution in [0.4, 0.5) is 0 Å². The molecule has 0 fully saturated rings. The third-order valence-electron chi connectivity index (χ3n) is 2.69. The van der Waals surface area contributed by atoms with Gasteiger partial charge in [0, 0.05) is 12.6 Å². The summed E-state index contributed by atoms with van der Waals surface area (Å²) in [5, 5.41) is 6.27. The highest BCUT2D eigenvalue weighted by molar-refractivity contribution is 5.81. The number of hydrogen-bond donors (Lipinski definition) is 2. The van der Waals surface area contributed by atoms with Gasteiger partial charge in [-0.3, -0.25) is 4.79 Å². The summed E-state index contributed by atoms with van der Waals surface area (Å²) in [6.07, 6.45) is 4.32. The van der Waals surface area contributed by atoms with Crippen molar-refractivity contribution in [2.24, 2.45) is 0 Å². The van der Waals surface area contributed by atoms with Gasteiger partial charge in [0.1, 0.15) is 0 Å². The maximum atomic E-state index is 11.6. The molecule has 0 heterocycles. The molecule has 0 aromatic rings. The normalized spacial score (nSPS) is 12.9. The standard InChI is InChI=1S/C12H26N2O/c1-5-8-9-13-12(15)10(4)14-11(6-2)7-3/h10-11,14H,5-9H2,1-4H3,(H,13,15). The smallest absolute Gasteiger partial charge is 0.236 e. The van der Waals surface area contributed by atoms with Crippen molar-refractivity contribution in [3.63, 3.8) is 0 Å². The maximum absolute atomic E-state index is 11.6.